The van der Waals surface area contributed by atoms with E-state index >= 15 is 0 Å². The quantitative estimate of drug-likeness (QED) is 0.452. The summed E-state index contributed by atoms with van der Waals surface area (Å²) in [6.07, 6.45) is 5.89. The second-order valence-electron chi connectivity index (χ2n) is 8.30. The van der Waals surface area contributed by atoms with E-state index < -0.39 is 0 Å². The third-order valence-corrected chi connectivity index (χ3v) is 6.22. The molecule has 0 saturated carbocycles. The monoisotopic (exact) mass is 442 g/mol. The van der Waals surface area contributed by atoms with Crippen LogP contribution in [0.1, 0.15) is 35.7 Å². The van der Waals surface area contributed by atoms with E-state index in [1.807, 2.05) is 37.3 Å². The number of nitrogens with one attached hydrogen (secondary N) is 1. The summed E-state index contributed by atoms with van der Waals surface area (Å²) < 4.78 is 6.66. The Labute approximate surface area is 192 Å². The number of hydrogen-bond acceptors (Lipinski definition) is 7. The maximum Gasteiger partial charge on any atom is 0.338 e. The van der Waals surface area contributed by atoms with Crippen LogP contribution < -0.4 is 10.2 Å². The molecule has 4 heterocycles. The zero-order valence-corrected chi connectivity index (χ0v) is 18.9. The molecule has 1 fully saturated rings. The number of hydrogen-bond donors (Lipinski definition) is 1. The summed E-state index contributed by atoms with van der Waals surface area (Å²) in [5.41, 5.74) is 4.38. The molecule has 0 spiro atoms. The Morgan fingerprint density at radius 3 is 2.85 bits per heavy atom. The molecule has 3 aromatic heterocycles. The number of pyridine rings is 1. The summed E-state index contributed by atoms with van der Waals surface area (Å²) in [5, 5.41) is 8.16. The number of fused-ring (bicyclic) bond motifs is 1. The average Bonchev–Trinajstić information content (AvgIpc) is 3.48. The van der Waals surface area contributed by atoms with Gasteiger partial charge in [-0.3, -0.25) is 0 Å². The molecule has 1 unspecified atom stereocenters. The molecule has 1 N–H and O–H groups in total. The molecule has 1 atom stereocenters. The number of rotatable bonds is 5. The van der Waals surface area contributed by atoms with Gasteiger partial charge in [0.25, 0.3) is 0 Å². The minimum Gasteiger partial charge on any atom is -0.465 e. The topological polar surface area (TPSA) is 84.6 Å². The van der Waals surface area contributed by atoms with Crippen LogP contribution in [0.3, 0.4) is 0 Å². The van der Waals surface area contributed by atoms with Crippen molar-refractivity contribution in [3.63, 3.8) is 0 Å². The number of methoxy groups -OCH3 is 1. The van der Waals surface area contributed by atoms with E-state index in [1.54, 1.807) is 23.0 Å². The largest absolute Gasteiger partial charge is 0.465 e. The van der Waals surface area contributed by atoms with Gasteiger partial charge in [-0.15, -0.1) is 0 Å². The third-order valence-electron chi connectivity index (χ3n) is 6.22. The molecule has 1 saturated heterocycles. The maximum atomic E-state index is 12.2. The van der Waals surface area contributed by atoms with Crippen molar-refractivity contribution in [2.75, 3.05) is 23.9 Å². The minimum absolute atomic E-state index is 0.367. The third kappa shape index (κ3) is 3.88. The van der Waals surface area contributed by atoms with Gasteiger partial charge in [0.05, 0.1) is 24.1 Å². The van der Waals surface area contributed by atoms with Gasteiger partial charge in [-0.2, -0.15) is 5.10 Å². The van der Waals surface area contributed by atoms with Crippen LogP contribution in [0.4, 0.5) is 17.3 Å². The van der Waals surface area contributed by atoms with Crippen molar-refractivity contribution in [2.24, 2.45) is 0 Å². The SMILES string of the molecule is COC(=O)c1cccc(-c2cc(Nc3cccc(N4CCCC4C)n3)c3nccn3n2)c1C. The van der Waals surface area contributed by atoms with Gasteiger partial charge in [0.1, 0.15) is 11.6 Å². The van der Waals surface area contributed by atoms with E-state index in [-0.39, 0.29) is 5.97 Å². The van der Waals surface area contributed by atoms with Crippen molar-refractivity contribution in [1.29, 1.82) is 0 Å². The first kappa shape index (κ1) is 20.9. The Kier molecular flexibility index (Phi) is 5.42. The fourth-order valence-electron chi connectivity index (χ4n) is 4.45. The number of aromatic nitrogens is 4. The zero-order chi connectivity index (χ0) is 22.9. The van der Waals surface area contributed by atoms with Crippen molar-refractivity contribution in [3.05, 3.63) is 66.0 Å². The fourth-order valence-corrected chi connectivity index (χ4v) is 4.45. The van der Waals surface area contributed by atoms with Crippen LogP contribution in [0.15, 0.2) is 54.9 Å². The van der Waals surface area contributed by atoms with E-state index in [0.29, 0.717) is 17.3 Å². The normalized spacial score (nSPS) is 15.7. The lowest BCUT2D eigenvalue weighted by atomic mass is 9.99. The van der Waals surface area contributed by atoms with E-state index in [1.165, 1.54) is 20.0 Å². The first-order chi connectivity index (χ1) is 16.0. The maximum absolute atomic E-state index is 12.2. The van der Waals surface area contributed by atoms with Crippen LogP contribution in [0.5, 0.6) is 0 Å². The van der Waals surface area contributed by atoms with Gasteiger partial charge in [0.15, 0.2) is 5.65 Å². The smallest absolute Gasteiger partial charge is 0.338 e. The predicted molar refractivity (Wildman–Crippen MR) is 128 cm³/mol. The molecule has 0 amide bonds. The molecule has 0 bridgehead atoms. The predicted octanol–water partition coefficient (Wildman–Crippen LogP) is 4.62. The molecule has 8 nitrogen and oxygen atoms in total. The lowest BCUT2D eigenvalue weighted by Gasteiger charge is -2.23. The molecule has 4 aromatic rings. The first-order valence-corrected chi connectivity index (χ1v) is 11.1. The van der Waals surface area contributed by atoms with E-state index in [9.17, 15) is 4.79 Å². The molecule has 168 valence electrons. The molecular weight excluding hydrogens is 416 g/mol. The first-order valence-electron chi connectivity index (χ1n) is 11.1. The second kappa shape index (κ2) is 8.54. The van der Waals surface area contributed by atoms with Gasteiger partial charge in [-0.25, -0.2) is 19.3 Å². The number of benzene rings is 1. The second-order valence-corrected chi connectivity index (χ2v) is 8.30. The van der Waals surface area contributed by atoms with Crippen molar-refractivity contribution >= 4 is 28.9 Å². The molecule has 5 rings (SSSR count). The molecule has 1 aliphatic rings. The van der Waals surface area contributed by atoms with Crippen LogP contribution in [-0.4, -0.2) is 45.2 Å². The summed E-state index contributed by atoms with van der Waals surface area (Å²) >= 11 is 0. The molecule has 1 aliphatic heterocycles. The van der Waals surface area contributed by atoms with E-state index in [4.69, 9.17) is 14.8 Å². The Balaban J connectivity index is 1.55. The van der Waals surface area contributed by atoms with Gasteiger partial charge in [-0.05, 0) is 56.5 Å². The van der Waals surface area contributed by atoms with E-state index in [0.717, 1.165) is 40.7 Å². The highest BCUT2D eigenvalue weighted by atomic mass is 16.5. The fraction of sp³-hybridized carbons (Fsp3) is 0.280. The Morgan fingerprint density at radius 1 is 1.21 bits per heavy atom. The highest BCUT2D eigenvalue weighted by molar-refractivity contribution is 5.93. The Morgan fingerprint density at radius 2 is 2.06 bits per heavy atom. The van der Waals surface area contributed by atoms with Crippen LogP contribution >= 0.6 is 0 Å². The lowest BCUT2D eigenvalue weighted by molar-refractivity contribution is 0.0600. The van der Waals surface area contributed by atoms with Gasteiger partial charge in [-0.1, -0.05) is 18.2 Å². The van der Waals surface area contributed by atoms with Crippen molar-refractivity contribution in [2.45, 2.75) is 32.7 Å². The molecule has 0 aliphatic carbocycles. The lowest BCUT2D eigenvalue weighted by Crippen LogP contribution is -2.27. The molecule has 8 heteroatoms. The molecule has 0 radical (unpaired) electrons. The molecule has 1 aromatic carbocycles. The van der Waals surface area contributed by atoms with Crippen molar-refractivity contribution in [1.82, 2.24) is 19.6 Å². The summed E-state index contributed by atoms with van der Waals surface area (Å²) in [5.74, 6) is 1.35. The number of esters is 1. The summed E-state index contributed by atoms with van der Waals surface area (Å²) in [7, 11) is 1.39. The highest BCUT2D eigenvalue weighted by Crippen LogP contribution is 2.30. The number of anilines is 3. The van der Waals surface area contributed by atoms with Crippen LogP contribution in [-0.2, 0) is 4.74 Å². The van der Waals surface area contributed by atoms with Crippen LogP contribution in [0.25, 0.3) is 16.9 Å². The van der Waals surface area contributed by atoms with Gasteiger partial charge >= 0.3 is 5.97 Å². The van der Waals surface area contributed by atoms with Gasteiger partial charge in [0, 0.05) is 30.5 Å². The van der Waals surface area contributed by atoms with E-state index in [2.05, 4.69) is 28.2 Å². The van der Waals surface area contributed by atoms with Crippen molar-refractivity contribution < 1.29 is 9.53 Å². The number of carbonyl (C=O) groups excluding carboxylic acids is 1. The highest BCUT2D eigenvalue weighted by Gasteiger charge is 2.22. The number of ether oxygens (including phenoxy) is 1. The van der Waals surface area contributed by atoms with Crippen LogP contribution in [0.2, 0.25) is 0 Å². The summed E-state index contributed by atoms with van der Waals surface area (Å²) in [6.45, 7) is 5.16. The van der Waals surface area contributed by atoms with Crippen LogP contribution in [0, 0.1) is 6.92 Å². The number of carbonyl (C=O) groups is 1. The Hall–Kier alpha value is -3.94. The standard InChI is InChI=1S/C25H26N6O2/c1-16-7-6-13-30(16)23-11-5-10-22(28-23)27-21-15-20(29-31-14-12-26-24(21)31)18-8-4-9-19(17(18)2)25(32)33-3/h4-5,8-12,14-16H,6-7,13H2,1-3H3,(H,27,28). The Bertz CT molecular complexity index is 1330. The summed E-state index contributed by atoms with van der Waals surface area (Å²) in [4.78, 5) is 23.8. The zero-order valence-electron chi connectivity index (χ0n) is 18.9. The van der Waals surface area contributed by atoms with Gasteiger partial charge < -0.3 is 15.0 Å². The number of nitrogens with zero attached hydrogens (tertiary/aromatic N) is 5. The summed E-state index contributed by atoms with van der Waals surface area (Å²) in [6, 6.07) is 14.0. The van der Waals surface area contributed by atoms with Gasteiger partial charge in [0.2, 0.25) is 0 Å². The van der Waals surface area contributed by atoms with Crippen molar-refractivity contribution in [3.8, 4) is 11.3 Å². The number of imidazole rings is 1. The average molecular weight is 443 g/mol. The minimum atomic E-state index is -0.367. The molecule has 33 heavy (non-hydrogen) atoms. The molecular formula is C25H26N6O2.